The number of aromatic nitrogens is 3. The summed E-state index contributed by atoms with van der Waals surface area (Å²) in [6.07, 6.45) is 4.87. The largest absolute Gasteiger partial charge is 0.481 e. The smallest absolute Gasteiger partial charge is 0.269 e. The molecule has 0 aliphatic carbocycles. The van der Waals surface area contributed by atoms with Crippen molar-refractivity contribution in [1.29, 1.82) is 0 Å². The quantitative estimate of drug-likeness (QED) is 0.738. The summed E-state index contributed by atoms with van der Waals surface area (Å²) >= 11 is 0. The molecule has 1 aliphatic heterocycles. The number of amides is 2. The molecule has 1 unspecified atom stereocenters. The summed E-state index contributed by atoms with van der Waals surface area (Å²) in [5.74, 6) is 0.447. The van der Waals surface area contributed by atoms with Crippen molar-refractivity contribution in [3.8, 4) is 11.4 Å². The number of benzene rings is 1. The van der Waals surface area contributed by atoms with E-state index in [1.54, 1.807) is 41.3 Å². The van der Waals surface area contributed by atoms with Gasteiger partial charge in [-0.3, -0.25) is 14.5 Å². The van der Waals surface area contributed by atoms with Crippen molar-refractivity contribution in [2.45, 2.75) is 19.4 Å². The summed E-state index contributed by atoms with van der Waals surface area (Å²) in [7, 11) is 0. The molecule has 0 saturated carbocycles. The van der Waals surface area contributed by atoms with Gasteiger partial charge >= 0.3 is 0 Å². The maximum atomic E-state index is 13.1. The lowest BCUT2D eigenvalue weighted by Gasteiger charge is -2.30. The number of carbonyl (C=O) groups excluding carboxylic acids is 2. The molecule has 142 valence electrons. The summed E-state index contributed by atoms with van der Waals surface area (Å²) in [5.41, 5.74) is 1.41. The highest BCUT2D eigenvalue weighted by Crippen LogP contribution is 2.28. The van der Waals surface area contributed by atoms with Crippen molar-refractivity contribution < 1.29 is 14.3 Å². The molecule has 3 aromatic rings. The summed E-state index contributed by atoms with van der Waals surface area (Å²) < 4.78 is 7.66. The van der Waals surface area contributed by atoms with Gasteiger partial charge in [-0.2, -0.15) is 5.10 Å². The van der Waals surface area contributed by atoms with Crippen LogP contribution in [0.4, 0.5) is 11.5 Å². The Morgan fingerprint density at radius 3 is 2.75 bits per heavy atom. The highest BCUT2D eigenvalue weighted by atomic mass is 16.5. The van der Waals surface area contributed by atoms with Gasteiger partial charge in [-0.25, -0.2) is 9.67 Å². The van der Waals surface area contributed by atoms with Gasteiger partial charge in [0, 0.05) is 18.6 Å². The molecule has 3 heterocycles. The monoisotopic (exact) mass is 377 g/mol. The standard InChI is InChI=1S/C20H19N5O3/c1-2-17(28-15-8-6-14(7-9-15)25-12-4-11-22-25)20(27)24-13-18(26)23-16-5-3-10-21-19(16)24/h3-12,17H,2,13H2,1H3,(H,23,26). The molecule has 0 saturated heterocycles. The fourth-order valence-electron chi connectivity index (χ4n) is 3.05. The van der Waals surface area contributed by atoms with Gasteiger partial charge in [-0.15, -0.1) is 0 Å². The van der Waals surface area contributed by atoms with Gasteiger partial charge in [0.2, 0.25) is 5.91 Å². The van der Waals surface area contributed by atoms with Crippen molar-refractivity contribution in [3.05, 3.63) is 61.1 Å². The van der Waals surface area contributed by atoms with Crippen LogP contribution in [0.15, 0.2) is 61.1 Å². The summed E-state index contributed by atoms with van der Waals surface area (Å²) in [5, 5.41) is 6.91. The number of fused-ring (bicyclic) bond motifs is 1. The molecule has 8 nitrogen and oxygen atoms in total. The first-order chi connectivity index (χ1) is 13.7. The van der Waals surface area contributed by atoms with Crippen LogP contribution in [0.1, 0.15) is 13.3 Å². The fourth-order valence-corrected chi connectivity index (χ4v) is 3.05. The van der Waals surface area contributed by atoms with Gasteiger partial charge in [-0.05, 0) is 48.9 Å². The minimum atomic E-state index is -0.726. The van der Waals surface area contributed by atoms with E-state index >= 15 is 0 Å². The molecule has 1 N–H and O–H groups in total. The Morgan fingerprint density at radius 1 is 1.21 bits per heavy atom. The Kier molecular flexibility index (Phi) is 4.76. The lowest BCUT2D eigenvalue weighted by molar-refractivity contribution is -0.127. The molecule has 1 aliphatic rings. The van der Waals surface area contributed by atoms with Crippen molar-refractivity contribution >= 4 is 23.3 Å². The lowest BCUT2D eigenvalue weighted by Crippen LogP contribution is -2.48. The highest BCUT2D eigenvalue weighted by Gasteiger charge is 2.32. The van der Waals surface area contributed by atoms with E-state index in [-0.39, 0.29) is 18.4 Å². The number of pyridine rings is 1. The van der Waals surface area contributed by atoms with Crippen molar-refractivity contribution in [3.63, 3.8) is 0 Å². The second-order valence-corrected chi connectivity index (χ2v) is 6.31. The molecule has 2 aromatic heterocycles. The van der Waals surface area contributed by atoms with Crippen LogP contribution >= 0.6 is 0 Å². The molecule has 28 heavy (non-hydrogen) atoms. The predicted octanol–water partition coefficient (Wildman–Crippen LogP) is 2.41. The number of hydrogen-bond acceptors (Lipinski definition) is 5. The Hall–Kier alpha value is -3.68. The van der Waals surface area contributed by atoms with Gasteiger partial charge in [-0.1, -0.05) is 6.92 Å². The summed E-state index contributed by atoms with van der Waals surface area (Å²) in [4.78, 5) is 30.7. The van der Waals surface area contributed by atoms with Gasteiger partial charge < -0.3 is 10.1 Å². The highest BCUT2D eigenvalue weighted by molar-refractivity contribution is 6.10. The van der Waals surface area contributed by atoms with Crippen molar-refractivity contribution in [2.24, 2.45) is 0 Å². The van der Waals surface area contributed by atoms with Crippen molar-refractivity contribution in [1.82, 2.24) is 14.8 Å². The molecular weight excluding hydrogens is 358 g/mol. The van der Waals surface area contributed by atoms with Crippen LogP contribution in [-0.4, -0.2) is 39.2 Å². The van der Waals surface area contributed by atoms with Crippen LogP contribution < -0.4 is 15.0 Å². The third kappa shape index (κ3) is 3.44. The van der Waals surface area contributed by atoms with E-state index in [1.807, 2.05) is 31.3 Å². The molecule has 1 aromatic carbocycles. The van der Waals surface area contributed by atoms with E-state index in [1.165, 1.54) is 4.90 Å². The second kappa shape index (κ2) is 7.51. The maximum Gasteiger partial charge on any atom is 0.269 e. The average molecular weight is 377 g/mol. The predicted molar refractivity (Wildman–Crippen MR) is 103 cm³/mol. The Balaban J connectivity index is 1.53. The van der Waals surface area contributed by atoms with Crippen LogP contribution in [0.2, 0.25) is 0 Å². The zero-order chi connectivity index (χ0) is 19.5. The molecule has 1 atom stereocenters. The van der Waals surface area contributed by atoms with Crippen LogP contribution in [0.5, 0.6) is 5.75 Å². The second-order valence-electron chi connectivity index (χ2n) is 6.31. The minimum absolute atomic E-state index is 0.0824. The lowest BCUT2D eigenvalue weighted by atomic mass is 10.2. The number of hydrogen-bond donors (Lipinski definition) is 1. The minimum Gasteiger partial charge on any atom is -0.481 e. The molecule has 0 radical (unpaired) electrons. The Labute approximate surface area is 161 Å². The van der Waals surface area contributed by atoms with E-state index in [4.69, 9.17) is 4.74 Å². The van der Waals surface area contributed by atoms with E-state index < -0.39 is 6.10 Å². The molecule has 0 bridgehead atoms. The van der Waals surface area contributed by atoms with Crippen LogP contribution in [-0.2, 0) is 9.59 Å². The number of carbonyl (C=O) groups is 2. The van der Waals surface area contributed by atoms with Crippen molar-refractivity contribution in [2.75, 3.05) is 16.8 Å². The first kappa shape index (κ1) is 17.7. The maximum absolute atomic E-state index is 13.1. The van der Waals surface area contributed by atoms with Crippen LogP contribution in [0.3, 0.4) is 0 Å². The molecular formula is C20H19N5O3. The van der Waals surface area contributed by atoms with Gasteiger partial charge in [0.15, 0.2) is 11.9 Å². The zero-order valence-electron chi connectivity index (χ0n) is 15.3. The van der Waals surface area contributed by atoms with E-state index in [9.17, 15) is 9.59 Å². The number of rotatable bonds is 5. The molecule has 0 fully saturated rings. The number of anilines is 2. The number of ether oxygens (including phenoxy) is 1. The first-order valence-corrected chi connectivity index (χ1v) is 8.98. The molecule has 2 amide bonds. The molecule has 8 heteroatoms. The van der Waals surface area contributed by atoms with E-state index in [0.29, 0.717) is 23.7 Å². The SMILES string of the molecule is CCC(Oc1ccc(-n2cccn2)cc1)C(=O)N1CC(=O)Nc2cccnc21. The van der Waals surface area contributed by atoms with E-state index in [2.05, 4.69) is 15.4 Å². The fraction of sp³-hybridized carbons (Fsp3) is 0.200. The topological polar surface area (TPSA) is 89.4 Å². The summed E-state index contributed by atoms with van der Waals surface area (Å²) in [6, 6.07) is 12.6. The Morgan fingerprint density at radius 2 is 2.04 bits per heavy atom. The third-order valence-electron chi connectivity index (χ3n) is 4.41. The molecule has 0 spiro atoms. The number of nitrogens with one attached hydrogen (secondary N) is 1. The van der Waals surface area contributed by atoms with Crippen LogP contribution in [0.25, 0.3) is 5.69 Å². The Bertz CT molecular complexity index is 985. The van der Waals surface area contributed by atoms with E-state index in [0.717, 1.165) is 5.69 Å². The zero-order valence-corrected chi connectivity index (χ0v) is 15.3. The average Bonchev–Trinajstić information content (AvgIpc) is 3.26. The van der Waals surface area contributed by atoms with Gasteiger partial charge in [0.05, 0.1) is 11.4 Å². The first-order valence-electron chi connectivity index (χ1n) is 8.98. The van der Waals surface area contributed by atoms with Gasteiger partial charge in [0.25, 0.3) is 5.91 Å². The third-order valence-corrected chi connectivity index (χ3v) is 4.41. The van der Waals surface area contributed by atoms with Crippen LogP contribution in [0, 0.1) is 0 Å². The number of nitrogens with zero attached hydrogens (tertiary/aromatic N) is 4. The van der Waals surface area contributed by atoms with Gasteiger partial charge in [0.1, 0.15) is 12.3 Å². The summed E-state index contributed by atoms with van der Waals surface area (Å²) in [6.45, 7) is 1.78. The molecule has 4 rings (SSSR count). The normalized spacial score (nSPS) is 14.2.